The number of fused-ring (bicyclic) bond motifs is 3. The van der Waals surface area contributed by atoms with Crippen LogP contribution in [0.4, 0.5) is 0 Å². The van der Waals surface area contributed by atoms with Gasteiger partial charge in [-0.1, -0.05) is 20.1 Å². The summed E-state index contributed by atoms with van der Waals surface area (Å²) in [6.45, 7) is -7.95. The van der Waals surface area contributed by atoms with Crippen molar-refractivity contribution >= 4 is 5.78 Å². The third-order valence-electron chi connectivity index (χ3n) is 3.73. The normalized spacial score (nSPS) is 49.1. The van der Waals surface area contributed by atoms with Crippen LogP contribution in [0.5, 0.6) is 11.5 Å². The van der Waals surface area contributed by atoms with Crippen molar-refractivity contribution in [2.75, 3.05) is 27.1 Å². The number of hydrogen-bond acceptors (Lipinski definition) is 4. The molecule has 1 aromatic carbocycles. The number of ether oxygens (including phenoxy) is 2. The fourth-order valence-corrected chi connectivity index (χ4v) is 2.53. The molecule has 3 atom stereocenters. The predicted octanol–water partition coefficient (Wildman–Crippen LogP) is 3.63. The smallest absolute Gasteiger partial charge is 0.161 e. The molecule has 1 fully saturated rings. The van der Waals surface area contributed by atoms with E-state index in [1.54, 1.807) is 0 Å². The SMILES string of the molecule is [2H]c1c(OC([2H])([2H])[2H])c(OC([2H])([2H])[2H])c([2H])c2c1C1([2H])CC(=O)C(C([2H])([2H])C([2H])(C([2H])([2H])[2H])C([2H])([2H])C)CN1C([2H])([2H])C2([2H])[2H]. The van der Waals surface area contributed by atoms with Gasteiger partial charge in [0.2, 0.25) is 0 Å². The van der Waals surface area contributed by atoms with Gasteiger partial charge in [-0.3, -0.25) is 9.69 Å². The molecule has 0 spiro atoms. The molecule has 2 heterocycles. The second-order valence-electron chi connectivity index (χ2n) is 5.12. The standard InChI is InChI=1S/C20H29NO3/c1-5-13(2)8-15-12-21-7-6-14-9-19(23-3)20(24-4)10-16(14)17(21)11-18(15)22/h9-10,13,15,17H,5-8,11-12H2,1-4H3/i2D3,3D3,4D3,5D2,6D2,7D2,8D2,9D,10D,13D,17D. The molecule has 4 heteroatoms. The molecule has 2 aliphatic rings. The lowest BCUT2D eigenvalue weighted by Crippen LogP contribution is -2.46. The largest absolute Gasteiger partial charge is 0.493 e. The van der Waals surface area contributed by atoms with E-state index in [4.69, 9.17) is 36.9 Å². The molecule has 0 N–H and O–H groups in total. The molecule has 2 aliphatic heterocycles. The second-order valence-corrected chi connectivity index (χ2v) is 5.12. The van der Waals surface area contributed by atoms with Gasteiger partial charge in [0.05, 0.1) is 26.4 Å². The predicted molar refractivity (Wildman–Crippen MR) is 94.8 cm³/mol. The summed E-state index contributed by atoms with van der Waals surface area (Å²) in [5.74, 6) is -9.92. The first-order chi connectivity index (χ1) is 19.6. The molecule has 24 heavy (non-hydrogen) atoms. The average Bonchev–Trinajstić information content (AvgIpc) is 2.78. The average molecular weight is 353 g/mol. The maximum atomic E-state index is 13.6. The second kappa shape index (κ2) is 7.14. The number of nitrogens with zero attached hydrogens (tertiary/aromatic N) is 1. The van der Waals surface area contributed by atoms with Gasteiger partial charge in [0, 0.05) is 47.8 Å². The molecular weight excluding hydrogens is 302 g/mol. The topological polar surface area (TPSA) is 38.8 Å². The van der Waals surface area contributed by atoms with E-state index in [2.05, 4.69) is 0 Å². The van der Waals surface area contributed by atoms with Crippen molar-refractivity contribution < 1.29 is 43.1 Å². The molecule has 1 aromatic rings. The van der Waals surface area contributed by atoms with Crippen molar-refractivity contribution in [3.05, 3.63) is 23.2 Å². The minimum Gasteiger partial charge on any atom is -0.493 e. The highest BCUT2D eigenvalue weighted by Crippen LogP contribution is 2.42. The lowest BCUT2D eigenvalue weighted by molar-refractivity contribution is -0.129. The number of Topliss-reactive ketones (excluding diaryl/α,β-unsaturated/α-hetero) is 1. The van der Waals surface area contributed by atoms with E-state index in [1.807, 2.05) is 0 Å². The van der Waals surface area contributed by atoms with Crippen LogP contribution in [0.2, 0.25) is 0 Å². The van der Waals surface area contributed by atoms with Gasteiger partial charge in [-0.25, -0.2) is 0 Å². The zero-order valence-electron chi connectivity index (χ0n) is 33.7. The summed E-state index contributed by atoms with van der Waals surface area (Å²) in [4.78, 5) is 13.9. The summed E-state index contributed by atoms with van der Waals surface area (Å²) >= 11 is 0. The number of carbonyl (C=O) groups is 1. The molecule has 1 saturated heterocycles. The van der Waals surface area contributed by atoms with E-state index in [-0.39, 0.29) is 4.90 Å². The molecule has 0 aliphatic carbocycles. The van der Waals surface area contributed by atoms with Crippen molar-refractivity contribution in [3.8, 4) is 11.5 Å². The minimum absolute atomic E-state index is 0.262. The van der Waals surface area contributed by atoms with Crippen LogP contribution in [0, 0.1) is 11.8 Å². The number of hydrogen-bond donors (Lipinski definition) is 0. The molecule has 0 radical (unpaired) electrons. The molecular formula is C20H29NO3. The van der Waals surface area contributed by atoms with Gasteiger partial charge in [-0.05, 0) is 41.9 Å². The number of methoxy groups -OCH3 is 2. The van der Waals surface area contributed by atoms with Gasteiger partial charge in [-0.2, -0.15) is 0 Å². The summed E-state index contributed by atoms with van der Waals surface area (Å²) in [6.07, 6.45) is -11.6. The molecule has 132 valence electrons. The van der Waals surface area contributed by atoms with E-state index in [1.165, 1.54) is 0 Å². The first-order valence-corrected chi connectivity index (χ1v) is 6.98. The molecule has 4 nitrogen and oxygen atoms in total. The third-order valence-corrected chi connectivity index (χ3v) is 3.73. The van der Waals surface area contributed by atoms with Gasteiger partial charge in [0.15, 0.2) is 11.5 Å². The van der Waals surface area contributed by atoms with Gasteiger partial charge < -0.3 is 9.47 Å². The Kier molecular flexibility index (Phi) is 1.49. The highest BCUT2D eigenvalue weighted by Gasteiger charge is 2.38. The molecule has 3 unspecified atom stereocenters. The number of rotatable bonds is 5. The molecule has 0 amide bonds. The summed E-state index contributed by atoms with van der Waals surface area (Å²) in [5, 5.41) is 0. The van der Waals surface area contributed by atoms with Crippen LogP contribution < -0.4 is 9.47 Å². The lowest BCUT2D eigenvalue weighted by atomic mass is 9.79. The van der Waals surface area contributed by atoms with E-state index < -0.39 is 118 Å². The maximum absolute atomic E-state index is 13.6. The zero-order valence-corrected chi connectivity index (χ0v) is 12.7. The zero-order chi connectivity index (χ0) is 35.5. The molecule has 0 bridgehead atoms. The van der Waals surface area contributed by atoms with Crippen molar-refractivity contribution in [3.63, 3.8) is 0 Å². The van der Waals surface area contributed by atoms with Crippen LogP contribution in [0.3, 0.4) is 0 Å². The highest BCUT2D eigenvalue weighted by atomic mass is 16.5. The number of piperidine rings is 1. The first-order valence-electron chi connectivity index (χ1n) is 17.5. The third kappa shape index (κ3) is 3.16. The van der Waals surface area contributed by atoms with Gasteiger partial charge in [-0.15, -0.1) is 0 Å². The summed E-state index contributed by atoms with van der Waals surface area (Å²) in [7, 11) is -6.86. The highest BCUT2D eigenvalue weighted by molar-refractivity contribution is 5.83. The van der Waals surface area contributed by atoms with Crippen molar-refractivity contribution in [1.82, 2.24) is 4.90 Å². The first kappa shape index (κ1) is 5.00. The molecule has 0 saturated carbocycles. The van der Waals surface area contributed by atoms with Crippen LogP contribution in [0.1, 0.15) is 78.9 Å². The quantitative estimate of drug-likeness (QED) is 0.811. The lowest BCUT2D eigenvalue weighted by Gasteiger charge is -2.43. The Labute approximate surface area is 174 Å². The number of ketones is 1. The van der Waals surface area contributed by atoms with Crippen LogP contribution in [0.25, 0.3) is 0 Å². The maximum Gasteiger partial charge on any atom is 0.161 e. The summed E-state index contributed by atoms with van der Waals surface area (Å²) in [6, 6.07) is -5.51. The Morgan fingerprint density at radius 3 is 3.04 bits per heavy atom. The summed E-state index contributed by atoms with van der Waals surface area (Å²) < 4.78 is 180. The van der Waals surface area contributed by atoms with Gasteiger partial charge in [0.1, 0.15) is 5.78 Å². The Morgan fingerprint density at radius 2 is 2.33 bits per heavy atom. The van der Waals surface area contributed by atoms with Crippen LogP contribution >= 0.6 is 0 Å². The van der Waals surface area contributed by atoms with Crippen molar-refractivity contribution in [1.29, 1.82) is 0 Å². The number of carbonyl (C=O) groups excluding carboxylic acids is 1. The van der Waals surface area contributed by atoms with Crippen molar-refractivity contribution in [2.45, 2.75) is 45.3 Å². The number of benzene rings is 1. The molecule has 3 rings (SSSR count). The van der Waals surface area contributed by atoms with E-state index >= 15 is 0 Å². The van der Waals surface area contributed by atoms with Crippen LogP contribution in [-0.4, -0.2) is 37.8 Å². The Bertz CT molecular complexity index is 1360. The fourth-order valence-electron chi connectivity index (χ4n) is 2.53. The van der Waals surface area contributed by atoms with Crippen LogP contribution in [0.15, 0.2) is 12.1 Å². The Balaban J connectivity index is 2.42. The van der Waals surface area contributed by atoms with E-state index in [0.717, 1.165) is 0 Å². The summed E-state index contributed by atoms with van der Waals surface area (Å²) in [5.41, 5.74) is -2.16. The Morgan fingerprint density at radius 1 is 1.54 bits per heavy atom. The monoisotopic (exact) mass is 352 g/mol. The van der Waals surface area contributed by atoms with E-state index in [9.17, 15) is 6.17 Å². The van der Waals surface area contributed by atoms with Gasteiger partial charge >= 0.3 is 0 Å². The Hall–Kier alpha value is -1.55. The van der Waals surface area contributed by atoms with Crippen LogP contribution in [-0.2, 0) is 11.2 Å². The minimum atomic E-state index is -3.71. The van der Waals surface area contributed by atoms with E-state index in [0.29, 0.717) is 6.92 Å². The molecule has 0 aromatic heterocycles. The van der Waals surface area contributed by atoms with Crippen molar-refractivity contribution in [2.24, 2.45) is 11.8 Å². The van der Waals surface area contributed by atoms with Gasteiger partial charge in [0.25, 0.3) is 0 Å². The fraction of sp³-hybridized carbons (Fsp3) is 0.650.